The number of Topliss-reactive ketones (excluding diaryl/α,β-unsaturated/α-hetero) is 1. The maximum Gasteiger partial charge on any atom is 0.139 e. The molecule has 4 fully saturated rings. The number of carbonyl (C=O) groups is 1. The summed E-state index contributed by atoms with van der Waals surface area (Å²) in [6, 6.07) is 0. The minimum atomic E-state index is -0.424. The quantitative estimate of drug-likeness (QED) is 0.767. The molecule has 0 aromatic heterocycles. The molecule has 0 radical (unpaired) electrons. The maximum atomic E-state index is 12.7. The number of carbonyl (C=O) groups excluding carboxylic acids is 1. The van der Waals surface area contributed by atoms with Gasteiger partial charge in [-0.15, -0.1) is 0 Å². The first-order valence-corrected chi connectivity index (χ1v) is 10.1. The first kappa shape index (κ1) is 16.1. The zero-order valence-electron chi connectivity index (χ0n) is 15.2. The van der Waals surface area contributed by atoms with E-state index in [1.165, 1.54) is 32.1 Å². The van der Waals surface area contributed by atoms with Crippen molar-refractivity contribution in [3.05, 3.63) is 0 Å². The zero-order chi connectivity index (χ0) is 16.4. The van der Waals surface area contributed by atoms with E-state index in [0.717, 1.165) is 49.4 Å². The van der Waals surface area contributed by atoms with Crippen LogP contribution >= 0.6 is 0 Å². The van der Waals surface area contributed by atoms with Crippen molar-refractivity contribution in [2.75, 3.05) is 0 Å². The Balaban J connectivity index is 1.60. The molecule has 1 N–H and O–H groups in total. The van der Waals surface area contributed by atoms with Gasteiger partial charge in [-0.1, -0.05) is 20.3 Å². The number of aliphatic hydroxyl groups is 1. The SMILES string of the molecule is CC[C@@H]1CC(=O)[C@@]2(C)CC[C@H]3[C@@H](CC[C@@H]4C[C@](C)(O)CC[C@@H]43)[C@H]12. The van der Waals surface area contributed by atoms with Crippen LogP contribution in [0.15, 0.2) is 0 Å². The molecular formula is C21H34O2. The second-order valence-electron chi connectivity index (χ2n) is 9.85. The van der Waals surface area contributed by atoms with E-state index in [1.807, 2.05) is 6.92 Å². The molecule has 130 valence electrons. The van der Waals surface area contributed by atoms with Gasteiger partial charge in [0.15, 0.2) is 0 Å². The molecule has 4 aliphatic carbocycles. The summed E-state index contributed by atoms with van der Waals surface area (Å²) in [5, 5.41) is 10.5. The van der Waals surface area contributed by atoms with Gasteiger partial charge in [0.05, 0.1) is 5.60 Å². The van der Waals surface area contributed by atoms with Crippen LogP contribution in [-0.2, 0) is 4.79 Å². The van der Waals surface area contributed by atoms with Crippen LogP contribution in [0.1, 0.15) is 78.6 Å². The number of rotatable bonds is 1. The Morgan fingerprint density at radius 3 is 2.52 bits per heavy atom. The molecule has 0 amide bonds. The van der Waals surface area contributed by atoms with Crippen LogP contribution < -0.4 is 0 Å². The second-order valence-corrected chi connectivity index (χ2v) is 9.85. The summed E-state index contributed by atoms with van der Waals surface area (Å²) in [6.45, 7) is 6.62. The third-order valence-electron chi connectivity index (χ3n) is 8.61. The predicted molar refractivity (Wildman–Crippen MR) is 91.9 cm³/mol. The van der Waals surface area contributed by atoms with E-state index < -0.39 is 5.60 Å². The fourth-order valence-corrected chi connectivity index (χ4v) is 7.52. The summed E-state index contributed by atoms with van der Waals surface area (Å²) in [6.07, 6.45) is 10.2. The van der Waals surface area contributed by atoms with Gasteiger partial charge in [0.2, 0.25) is 0 Å². The normalized spacial score (nSPS) is 55.9. The number of ketones is 1. The minimum absolute atomic E-state index is 0.00512. The lowest BCUT2D eigenvalue weighted by Gasteiger charge is -2.56. The van der Waals surface area contributed by atoms with Gasteiger partial charge in [-0.25, -0.2) is 0 Å². The smallest absolute Gasteiger partial charge is 0.139 e. The Labute approximate surface area is 141 Å². The van der Waals surface area contributed by atoms with Crippen LogP contribution in [0.5, 0.6) is 0 Å². The van der Waals surface area contributed by atoms with Crippen LogP contribution in [0, 0.1) is 40.9 Å². The maximum absolute atomic E-state index is 12.7. The molecule has 4 aliphatic rings. The molecule has 4 rings (SSSR count). The lowest BCUT2D eigenvalue weighted by atomic mass is 9.49. The van der Waals surface area contributed by atoms with Crippen LogP contribution in [0.2, 0.25) is 0 Å². The Bertz CT molecular complexity index is 496. The highest BCUT2D eigenvalue weighted by Crippen LogP contribution is 2.63. The van der Waals surface area contributed by atoms with E-state index in [1.54, 1.807) is 0 Å². The average molecular weight is 319 g/mol. The lowest BCUT2D eigenvalue weighted by Crippen LogP contribution is -2.51. The highest BCUT2D eigenvalue weighted by molar-refractivity contribution is 5.87. The monoisotopic (exact) mass is 318 g/mol. The third-order valence-corrected chi connectivity index (χ3v) is 8.61. The van der Waals surface area contributed by atoms with Gasteiger partial charge in [0.1, 0.15) is 5.78 Å². The summed E-state index contributed by atoms with van der Waals surface area (Å²) in [7, 11) is 0. The molecule has 4 saturated carbocycles. The lowest BCUT2D eigenvalue weighted by molar-refractivity contribution is -0.135. The van der Waals surface area contributed by atoms with Gasteiger partial charge in [0, 0.05) is 11.8 Å². The Hall–Kier alpha value is -0.370. The van der Waals surface area contributed by atoms with Crippen molar-refractivity contribution in [3.63, 3.8) is 0 Å². The number of hydrogen-bond donors (Lipinski definition) is 1. The van der Waals surface area contributed by atoms with Gasteiger partial charge in [-0.2, -0.15) is 0 Å². The molecular weight excluding hydrogens is 284 g/mol. The van der Waals surface area contributed by atoms with Gasteiger partial charge in [0.25, 0.3) is 0 Å². The summed E-state index contributed by atoms with van der Waals surface area (Å²) < 4.78 is 0. The molecule has 2 heteroatoms. The largest absolute Gasteiger partial charge is 0.390 e. The van der Waals surface area contributed by atoms with Gasteiger partial charge in [-0.05, 0) is 87.4 Å². The van der Waals surface area contributed by atoms with Crippen molar-refractivity contribution in [1.82, 2.24) is 0 Å². The van der Waals surface area contributed by atoms with Crippen molar-refractivity contribution >= 4 is 5.78 Å². The molecule has 0 heterocycles. The predicted octanol–water partition coefficient (Wildman–Crippen LogP) is 4.60. The first-order valence-electron chi connectivity index (χ1n) is 10.1. The topological polar surface area (TPSA) is 37.3 Å². The van der Waals surface area contributed by atoms with Crippen molar-refractivity contribution in [2.24, 2.45) is 40.9 Å². The summed E-state index contributed by atoms with van der Waals surface area (Å²) in [5.41, 5.74) is -0.429. The van der Waals surface area contributed by atoms with Gasteiger partial charge in [-0.3, -0.25) is 4.79 Å². The average Bonchev–Trinajstić information content (AvgIpc) is 2.77. The number of hydrogen-bond acceptors (Lipinski definition) is 2. The first-order chi connectivity index (χ1) is 10.9. The highest BCUT2D eigenvalue weighted by atomic mass is 16.3. The van der Waals surface area contributed by atoms with Gasteiger partial charge < -0.3 is 5.11 Å². The molecule has 0 bridgehead atoms. The summed E-state index contributed by atoms with van der Waals surface area (Å²) in [4.78, 5) is 12.7. The Morgan fingerprint density at radius 2 is 1.78 bits per heavy atom. The Morgan fingerprint density at radius 1 is 1.04 bits per heavy atom. The second kappa shape index (κ2) is 5.31. The summed E-state index contributed by atoms with van der Waals surface area (Å²) >= 11 is 0. The molecule has 0 saturated heterocycles. The van der Waals surface area contributed by atoms with E-state index >= 15 is 0 Å². The fraction of sp³-hybridized carbons (Fsp3) is 0.952. The van der Waals surface area contributed by atoms with E-state index in [-0.39, 0.29) is 5.41 Å². The molecule has 23 heavy (non-hydrogen) atoms. The third kappa shape index (κ3) is 2.34. The van der Waals surface area contributed by atoms with E-state index in [9.17, 15) is 9.90 Å². The summed E-state index contributed by atoms with van der Waals surface area (Å²) in [5.74, 6) is 5.05. The molecule has 8 atom stereocenters. The fourth-order valence-electron chi connectivity index (χ4n) is 7.52. The van der Waals surface area contributed by atoms with E-state index in [0.29, 0.717) is 17.6 Å². The van der Waals surface area contributed by atoms with Crippen molar-refractivity contribution in [1.29, 1.82) is 0 Å². The number of fused-ring (bicyclic) bond motifs is 5. The van der Waals surface area contributed by atoms with Crippen LogP contribution in [0.3, 0.4) is 0 Å². The van der Waals surface area contributed by atoms with E-state index in [2.05, 4.69) is 13.8 Å². The van der Waals surface area contributed by atoms with Crippen LogP contribution in [0.4, 0.5) is 0 Å². The Kier molecular flexibility index (Phi) is 3.72. The molecule has 0 spiro atoms. The van der Waals surface area contributed by atoms with Gasteiger partial charge >= 0.3 is 0 Å². The van der Waals surface area contributed by atoms with Crippen LogP contribution in [0.25, 0.3) is 0 Å². The molecule has 0 aromatic carbocycles. The molecule has 2 nitrogen and oxygen atoms in total. The molecule has 0 unspecified atom stereocenters. The molecule has 0 aliphatic heterocycles. The van der Waals surface area contributed by atoms with Crippen molar-refractivity contribution in [2.45, 2.75) is 84.2 Å². The van der Waals surface area contributed by atoms with Crippen molar-refractivity contribution < 1.29 is 9.90 Å². The molecule has 0 aromatic rings. The van der Waals surface area contributed by atoms with Crippen LogP contribution in [-0.4, -0.2) is 16.5 Å². The highest BCUT2D eigenvalue weighted by Gasteiger charge is 2.60. The van der Waals surface area contributed by atoms with E-state index in [4.69, 9.17) is 0 Å². The zero-order valence-corrected chi connectivity index (χ0v) is 15.2. The van der Waals surface area contributed by atoms with Crippen molar-refractivity contribution in [3.8, 4) is 0 Å². The standard InChI is InChI=1S/C21H34O2/c1-4-13-11-18(22)21(3)10-8-16-15-7-9-20(2,23)12-14(15)5-6-17(16)19(13)21/h13-17,19,23H,4-12H2,1-3H3/t13-,14-,15+,16-,17-,19+,20-,21-/m1/s1. The minimum Gasteiger partial charge on any atom is -0.390 e.